The molecule has 21 heavy (non-hydrogen) atoms. The lowest BCUT2D eigenvalue weighted by Crippen LogP contribution is -2.44. The van der Waals surface area contributed by atoms with Gasteiger partial charge in [0.05, 0.1) is 0 Å². The van der Waals surface area contributed by atoms with Crippen LogP contribution in [0, 0.1) is 5.92 Å². The predicted octanol–water partition coefficient (Wildman–Crippen LogP) is 1.58. The van der Waals surface area contributed by atoms with Crippen molar-refractivity contribution < 1.29 is 9.90 Å². The molecule has 3 N–H and O–H groups in total. The number of nitrogens with zero attached hydrogens (tertiary/aromatic N) is 1. The van der Waals surface area contributed by atoms with Gasteiger partial charge in [-0.2, -0.15) is 0 Å². The molecule has 1 unspecified atom stereocenters. The number of rotatable bonds is 6. The molecular weight excluding hydrogens is 266 g/mol. The molecule has 1 aromatic heterocycles. The molecule has 1 aliphatic rings. The van der Waals surface area contributed by atoms with E-state index in [2.05, 4.69) is 21.3 Å². The van der Waals surface area contributed by atoms with Gasteiger partial charge in [-0.1, -0.05) is 12.2 Å². The number of hydrogen-bond acceptors (Lipinski definition) is 2. The number of aryl methyl sites for hydroxylation is 2. The summed E-state index contributed by atoms with van der Waals surface area (Å²) in [7, 11) is 2.03. The highest BCUT2D eigenvalue weighted by atomic mass is 16.3. The van der Waals surface area contributed by atoms with Gasteiger partial charge in [-0.15, -0.1) is 0 Å². The molecule has 1 heterocycles. The lowest BCUT2D eigenvalue weighted by atomic mass is 10.1. The Bertz CT molecular complexity index is 495. The smallest absolute Gasteiger partial charge is 0.315 e. The van der Waals surface area contributed by atoms with Crippen LogP contribution >= 0.6 is 0 Å². The van der Waals surface area contributed by atoms with E-state index >= 15 is 0 Å². The summed E-state index contributed by atoms with van der Waals surface area (Å²) in [6.07, 6.45) is 8.58. The van der Waals surface area contributed by atoms with Gasteiger partial charge in [-0.3, -0.25) is 0 Å². The summed E-state index contributed by atoms with van der Waals surface area (Å²) in [5, 5.41) is 15.0. The highest BCUT2D eigenvalue weighted by Crippen LogP contribution is 2.16. The maximum atomic E-state index is 11.9. The summed E-state index contributed by atoms with van der Waals surface area (Å²) in [4.78, 5) is 11.9. The number of carbonyl (C=O) groups is 1. The second-order valence-corrected chi connectivity index (χ2v) is 5.84. The highest BCUT2D eigenvalue weighted by molar-refractivity contribution is 5.74. The van der Waals surface area contributed by atoms with E-state index in [9.17, 15) is 4.79 Å². The van der Waals surface area contributed by atoms with Gasteiger partial charge >= 0.3 is 6.03 Å². The number of aromatic nitrogens is 1. The number of hydrogen-bond donors (Lipinski definition) is 3. The van der Waals surface area contributed by atoms with Crippen LogP contribution in [-0.2, 0) is 13.5 Å². The zero-order valence-electron chi connectivity index (χ0n) is 12.7. The van der Waals surface area contributed by atoms with Gasteiger partial charge in [0, 0.05) is 43.5 Å². The normalized spacial score (nSPS) is 22.2. The van der Waals surface area contributed by atoms with Gasteiger partial charge in [0.2, 0.25) is 0 Å². The number of aliphatic hydroxyl groups excluding tert-OH is 1. The Balaban J connectivity index is 1.68. The Morgan fingerprint density at radius 2 is 2.33 bits per heavy atom. The second-order valence-electron chi connectivity index (χ2n) is 5.84. The Morgan fingerprint density at radius 1 is 1.52 bits per heavy atom. The second kappa shape index (κ2) is 7.31. The van der Waals surface area contributed by atoms with Crippen molar-refractivity contribution >= 4 is 6.03 Å². The van der Waals surface area contributed by atoms with Crippen LogP contribution in [0.15, 0.2) is 30.5 Å². The number of carbonyl (C=O) groups excluding carboxylic acids is 1. The van der Waals surface area contributed by atoms with Crippen LogP contribution in [0.5, 0.6) is 0 Å². The standard InChI is InChI=1S/C16H25N3O2/c1-12(5-8-15-4-3-9-19(15)2)17-16(21)18-14-7-6-13(10-14)11-20/h3-4,6-7,9,12-14,20H,5,8,10-11H2,1-2H3,(H2,17,18,21)/t12?,13-,14+/m0/s1. The zero-order valence-corrected chi connectivity index (χ0v) is 12.7. The first-order valence-electron chi connectivity index (χ1n) is 7.55. The number of aliphatic hydroxyl groups is 1. The van der Waals surface area contributed by atoms with Crippen molar-refractivity contribution in [3.63, 3.8) is 0 Å². The van der Waals surface area contributed by atoms with Crippen LogP contribution in [-0.4, -0.2) is 34.4 Å². The Labute approximate surface area is 126 Å². The third kappa shape index (κ3) is 4.63. The molecule has 0 saturated heterocycles. The van der Waals surface area contributed by atoms with Crippen LogP contribution in [0.4, 0.5) is 4.79 Å². The molecule has 2 amide bonds. The van der Waals surface area contributed by atoms with E-state index in [1.807, 2.05) is 38.4 Å². The number of urea groups is 1. The minimum absolute atomic E-state index is 0.0298. The molecule has 0 saturated carbocycles. The monoisotopic (exact) mass is 291 g/mol. The van der Waals surface area contributed by atoms with Crippen molar-refractivity contribution in [3.05, 3.63) is 36.2 Å². The van der Waals surface area contributed by atoms with Crippen molar-refractivity contribution in [1.82, 2.24) is 15.2 Å². The van der Waals surface area contributed by atoms with Crippen molar-refractivity contribution in [3.8, 4) is 0 Å². The quantitative estimate of drug-likeness (QED) is 0.697. The van der Waals surface area contributed by atoms with Crippen LogP contribution in [0.2, 0.25) is 0 Å². The van der Waals surface area contributed by atoms with E-state index in [-0.39, 0.29) is 30.6 Å². The Hall–Kier alpha value is -1.75. The van der Waals surface area contributed by atoms with Crippen LogP contribution in [0.3, 0.4) is 0 Å². The summed E-state index contributed by atoms with van der Waals surface area (Å²) in [5.74, 6) is 0.171. The van der Waals surface area contributed by atoms with Crippen LogP contribution < -0.4 is 10.6 Å². The lowest BCUT2D eigenvalue weighted by Gasteiger charge is -2.17. The van der Waals surface area contributed by atoms with Gasteiger partial charge < -0.3 is 20.3 Å². The highest BCUT2D eigenvalue weighted by Gasteiger charge is 2.20. The molecule has 116 valence electrons. The first-order valence-corrected chi connectivity index (χ1v) is 7.55. The Kier molecular flexibility index (Phi) is 5.44. The van der Waals surface area contributed by atoms with Crippen LogP contribution in [0.1, 0.15) is 25.5 Å². The SMILES string of the molecule is CC(CCc1cccn1C)NC(=O)N[C@@H]1C=C[C@H](CO)C1. The minimum Gasteiger partial charge on any atom is -0.396 e. The molecule has 3 atom stereocenters. The average Bonchev–Trinajstić information content (AvgIpc) is 3.05. The summed E-state index contributed by atoms with van der Waals surface area (Å²) in [5.41, 5.74) is 1.27. The van der Waals surface area contributed by atoms with E-state index in [0.29, 0.717) is 0 Å². The molecule has 5 nitrogen and oxygen atoms in total. The van der Waals surface area contributed by atoms with E-state index in [1.54, 1.807) is 0 Å². The minimum atomic E-state index is -0.136. The largest absolute Gasteiger partial charge is 0.396 e. The van der Waals surface area contributed by atoms with Crippen molar-refractivity contribution in [2.24, 2.45) is 13.0 Å². The molecule has 0 aromatic carbocycles. The zero-order chi connectivity index (χ0) is 15.2. The van der Waals surface area contributed by atoms with Crippen molar-refractivity contribution in [2.75, 3.05) is 6.61 Å². The fourth-order valence-electron chi connectivity index (χ4n) is 2.64. The van der Waals surface area contributed by atoms with Crippen molar-refractivity contribution in [1.29, 1.82) is 0 Å². The third-order valence-corrected chi connectivity index (χ3v) is 3.99. The first-order chi connectivity index (χ1) is 10.1. The molecule has 0 aliphatic heterocycles. The summed E-state index contributed by atoms with van der Waals surface area (Å²) in [6.45, 7) is 2.16. The molecule has 2 rings (SSSR count). The molecule has 0 fully saturated rings. The average molecular weight is 291 g/mol. The fraction of sp³-hybridized carbons (Fsp3) is 0.562. The Morgan fingerprint density at radius 3 is 2.95 bits per heavy atom. The lowest BCUT2D eigenvalue weighted by molar-refractivity contribution is 0.228. The maximum Gasteiger partial charge on any atom is 0.315 e. The topological polar surface area (TPSA) is 66.3 Å². The molecule has 1 aromatic rings. The first kappa shape index (κ1) is 15.6. The van der Waals surface area contributed by atoms with E-state index < -0.39 is 0 Å². The predicted molar refractivity (Wildman–Crippen MR) is 83.0 cm³/mol. The van der Waals surface area contributed by atoms with Gasteiger partial charge in [-0.05, 0) is 38.3 Å². The number of amides is 2. The van der Waals surface area contributed by atoms with Gasteiger partial charge in [0.25, 0.3) is 0 Å². The molecule has 0 bridgehead atoms. The molecule has 5 heteroatoms. The molecule has 0 radical (unpaired) electrons. The van der Waals surface area contributed by atoms with E-state index in [1.165, 1.54) is 5.69 Å². The molecule has 1 aliphatic carbocycles. The molecular formula is C16H25N3O2. The summed E-state index contributed by atoms with van der Waals surface area (Å²) < 4.78 is 2.10. The fourth-order valence-corrected chi connectivity index (χ4v) is 2.64. The summed E-state index contributed by atoms with van der Waals surface area (Å²) in [6, 6.07) is 4.15. The van der Waals surface area contributed by atoms with E-state index in [0.717, 1.165) is 19.3 Å². The van der Waals surface area contributed by atoms with Gasteiger partial charge in [0.15, 0.2) is 0 Å². The van der Waals surface area contributed by atoms with Crippen LogP contribution in [0.25, 0.3) is 0 Å². The number of nitrogens with one attached hydrogen (secondary N) is 2. The van der Waals surface area contributed by atoms with Gasteiger partial charge in [-0.25, -0.2) is 4.79 Å². The van der Waals surface area contributed by atoms with Crippen molar-refractivity contribution in [2.45, 2.75) is 38.3 Å². The molecule has 0 spiro atoms. The summed E-state index contributed by atoms with van der Waals surface area (Å²) >= 11 is 0. The third-order valence-electron chi connectivity index (χ3n) is 3.99. The van der Waals surface area contributed by atoms with E-state index in [4.69, 9.17) is 5.11 Å². The van der Waals surface area contributed by atoms with Gasteiger partial charge in [0.1, 0.15) is 0 Å². The maximum absolute atomic E-state index is 11.9.